The van der Waals surface area contributed by atoms with E-state index < -0.39 is 11.0 Å². The molecule has 0 saturated heterocycles. The van der Waals surface area contributed by atoms with Crippen molar-refractivity contribution in [2.45, 2.75) is 0 Å². The van der Waals surface area contributed by atoms with Crippen LogP contribution in [-0.2, 0) is 9.53 Å². The van der Waals surface area contributed by atoms with E-state index >= 15 is 0 Å². The third-order valence-electron chi connectivity index (χ3n) is 3.48. The first-order valence-electron chi connectivity index (χ1n) is 7.56. The Hall–Kier alpha value is -3.68. The zero-order chi connectivity index (χ0) is 19.1. The minimum atomic E-state index is -0.498. The van der Waals surface area contributed by atoms with E-state index in [9.17, 15) is 19.7 Å². The highest BCUT2D eigenvalue weighted by Gasteiger charge is 2.10. The third-order valence-corrected chi connectivity index (χ3v) is 3.48. The lowest BCUT2D eigenvalue weighted by Gasteiger charge is -2.15. The van der Waals surface area contributed by atoms with E-state index in [0.717, 1.165) is 0 Å². The lowest BCUT2D eigenvalue weighted by Crippen LogP contribution is -2.25. The van der Waals surface area contributed by atoms with Gasteiger partial charge in [-0.3, -0.25) is 19.8 Å². The number of hydrogen-bond donors (Lipinski definition) is 1. The number of benzene rings is 2. The normalized spacial score (nSPS) is 10.4. The molecule has 0 aromatic heterocycles. The van der Waals surface area contributed by atoms with Gasteiger partial charge in [0.25, 0.3) is 5.69 Å². The predicted octanol–water partition coefficient (Wildman–Crippen LogP) is 3.45. The van der Waals surface area contributed by atoms with Crippen LogP contribution in [-0.4, -0.2) is 31.1 Å². The van der Waals surface area contributed by atoms with E-state index in [1.807, 2.05) is 0 Å². The van der Waals surface area contributed by atoms with Gasteiger partial charge in [0, 0.05) is 36.6 Å². The van der Waals surface area contributed by atoms with Crippen LogP contribution >= 0.6 is 0 Å². The van der Waals surface area contributed by atoms with E-state index in [4.69, 9.17) is 0 Å². The lowest BCUT2D eigenvalue weighted by atomic mass is 10.2. The number of carbonyl (C=O) groups is 2. The fourth-order valence-corrected chi connectivity index (χ4v) is 2.11. The Labute approximate surface area is 149 Å². The molecule has 0 radical (unpaired) electrons. The van der Waals surface area contributed by atoms with E-state index in [2.05, 4.69) is 10.1 Å². The number of nitrogens with one attached hydrogen (secondary N) is 1. The highest BCUT2D eigenvalue weighted by molar-refractivity contribution is 6.02. The first kappa shape index (κ1) is 18.7. The molecule has 0 heterocycles. The molecule has 2 rings (SSSR count). The Bertz CT molecular complexity index is 846. The van der Waals surface area contributed by atoms with Crippen LogP contribution in [0.5, 0.6) is 0 Å². The molecule has 2 aromatic carbocycles. The molecule has 2 aromatic rings. The molecule has 0 spiro atoms. The molecule has 0 fully saturated rings. The summed E-state index contributed by atoms with van der Waals surface area (Å²) in [6, 6.07) is 12.6. The summed E-state index contributed by atoms with van der Waals surface area (Å²) >= 11 is 0. The number of carbonyl (C=O) groups excluding carboxylic acids is 2. The second-order valence-electron chi connectivity index (χ2n) is 5.25. The summed E-state index contributed by atoms with van der Waals surface area (Å²) in [5.41, 5.74) is 1.66. The number of anilines is 2. The van der Waals surface area contributed by atoms with E-state index in [1.54, 1.807) is 43.4 Å². The Kier molecular flexibility index (Phi) is 6.05. The molecule has 1 N–H and O–H groups in total. The molecule has 2 amide bonds. The number of amides is 2. The van der Waals surface area contributed by atoms with Gasteiger partial charge in [-0.1, -0.05) is 12.1 Å². The van der Waals surface area contributed by atoms with Crippen LogP contribution < -0.4 is 10.2 Å². The number of nitro groups is 1. The van der Waals surface area contributed by atoms with E-state index in [1.165, 1.54) is 36.3 Å². The predicted molar refractivity (Wildman–Crippen MR) is 98.0 cm³/mol. The van der Waals surface area contributed by atoms with Crippen molar-refractivity contribution in [3.05, 3.63) is 70.3 Å². The molecule has 0 aliphatic rings. The van der Waals surface area contributed by atoms with E-state index in [0.29, 0.717) is 16.9 Å². The van der Waals surface area contributed by atoms with Crippen molar-refractivity contribution in [1.29, 1.82) is 0 Å². The molecular weight excluding hydrogens is 338 g/mol. The third kappa shape index (κ3) is 4.91. The Balaban J connectivity index is 2.00. The first-order valence-corrected chi connectivity index (χ1v) is 7.56. The zero-order valence-electron chi connectivity index (χ0n) is 14.2. The SMILES string of the molecule is COC(=O)N(C)c1ccc(NC(=O)C=Cc2cccc([N+](=O)[O-])c2)cc1. The van der Waals surface area contributed by atoms with Crippen LogP contribution in [0.3, 0.4) is 0 Å². The maximum Gasteiger partial charge on any atom is 0.413 e. The first-order chi connectivity index (χ1) is 12.4. The summed E-state index contributed by atoms with van der Waals surface area (Å²) in [5.74, 6) is -0.384. The van der Waals surface area contributed by atoms with Crippen LogP contribution in [0.15, 0.2) is 54.6 Å². The Morgan fingerprint density at radius 1 is 1.19 bits per heavy atom. The number of ether oxygens (including phenoxy) is 1. The highest BCUT2D eigenvalue weighted by atomic mass is 16.6. The summed E-state index contributed by atoms with van der Waals surface area (Å²) < 4.78 is 4.62. The van der Waals surface area contributed by atoms with Crippen LogP contribution in [0.25, 0.3) is 6.08 Å². The molecule has 134 valence electrons. The van der Waals surface area contributed by atoms with Crippen molar-refractivity contribution in [1.82, 2.24) is 0 Å². The van der Waals surface area contributed by atoms with Gasteiger partial charge in [0.15, 0.2) is 0 Å². The van der Waals surface area contributed by atoms with Crippen molar-refractivity contribution in [2.24, 2.45) is 0 Å². The minimum Gasteiger partial charge on any atom is -0.452 e. The number of methoxy groups -OCH3 is 1. The van der Waals surface area contributed by atoms with Crippen LogP contribution in [0.1, 0.15) is 5.56 Å². The number of hydrogen-bond acceptors (Lipinski definition) is 5. The Morgan fingerprint density at radius 3 is 2.50 bits per heavy atom. The highest BCUT2D eigenvalue weighted by Crippen LogP contribution is 2.18. The second-order valence-corrected chi connectivity index (χ2v) is 5.25. The van der Waals surface area contributed by atoms with Gasteiger partial charge in [0.05, 0.1) is 12.0 Å². The standard InChI is InChI=1S/C18H17N3O5/c1-20(18(23)26-2)15-9-7-14(8-10-15)19-17(22)11-6-13-4-3-5-16(12-13)21(24)25/h3-12H,1-2H3,(H,19,22). The second kappa shape index (κ2) is 8.43. The molecule has 0 saturated carbocycles. The molecule has 0 aliphatic heterocycles. The van der Waals surface area contributed by atoms with Gasteiger partial charge in [-0.25, -0.2) is 4.79 Å². The quantitative estimate of drug-likeness (QED) is 0.503. The number of rotatable bonds is 5. The van der Waals surface area contributed by atoms with Crippen molar-refractivity contribution in [3.63, 3.8) is 0 Å². The summed E-state index contributed by atoms with van der Waals surface area (Å²) in [6.07, 6.45) is 2.27. The zero-order valence-corrected chi connectivity index (χ0v) is 14.2. The fraction of sp³-hybridized carbons (Fsp3) is 0.111. The maximum atomic E-state index is 12.0. The van der Waals surface area contributed by atoms with Gasteiger partial charge >= 0.3 is 6.09 Å². The van der Waals surface area contributed by atoms with Gasteiger partial charge in [-0.15, -0.1) is 0 Å². The van der Waals surface area contributed by atoms with Gasteiger partial charge in [0.1, 0.15) is 0 Å². The average molecular weight is 355 g/mol. The molecule has 0 unspecified atom stereocenters. The van der Waals surface area contributed by atoms with Gasteiger partial charge in [0.2, 0.25) is 5.91 Å². The van der Waals surface area contributed by atoms with Gasteiger partial charge < -0.3 is 10.1 Å². The smallest absolute Gasteiger partial charge is 0.413 e. The van der Waals surface area contributed by atoms with Gasteiger partial charge in [-0.05, 0) is 35.9 Å². The van der Waals surface area contributed by atoms with Crippen molar-refractivity contribution in [2.75, 3.05) is 24.4 Å². The van der Waals surface area contributed by atoms with Crippen molar-refractivity contribution < 1.29 is 19.2 Å². The van der Waals surface area contributed by atoms with Crippen LogP contribution in [0.2, 0.25) is 0 Å². The van der Waals surface area contributed by atoms with Crippen molar-refractivity contribution >= 4 is 35.1 Å². The average Bonchev–Trinajstić information content (AvgIpc) is 2.66. The monoisotopic (exact) mass is 355 g/mol. The number of nitro benzene ring substituents is 1. The van der Waals surface area contributed by atoms with Gasteiger partial charge in [-0.2, -0.15) is 0 Å². The molecule has 8 nitrogen and oxygen atoms in total. The molecular formula is C18H17N3O5. The molecule has 26 heavy (non-hydrogen) atoms. The summed E-state index contributed by atoms with van der Waals surface area (Å²) in [5, 5.41) is 13.4. The van der Waals surface area contributed by atoms with Crippen LogP contribution in [0.4, 0.5) is 21.9 Å². The Morgan fingerprint density at radius 2 is 1.88 bits per heavy atom. The minimum absolute atomic E-state index is 0.0436. The topological polar surface area (TPSA) is 102 Å². The largest absolute Gasteiger partial charge is 0.452 e. The lowest BCUT2D eigenvalue weighted by molar-refractivity contribution is -0.384. The summed E-state index contributed by atoms with van der Waals surface area (Å²) in [4.78, 5) is 35.0. The van der Waals surface area contributed by atoms with Crippen molar-refractivity contribution in [3.8, 4) is 0 Å². The van der Waals surface area contributed by atoms with Crippen LogP contribution in [0, 0.1) is 10.1 Å². The number of non-ortho nitro benzene ring substituents is 1. The molecule has 0 bridgehead atoms. The molecule has 8 heteroatoms. The number of nitrogens with zero attached hydrogens (tertiary/aromatic N) is 2. The fourth-order valence-electron chi connectivity index (χ4n) is 2.11. The van der Waals surface area contributed by atoms with E-state index in [-0.39, 0.29) is 11.6 Å². The summed E-state index contributed by atoms with van der Waals surface area (Å²) in [6.45, 7) is 0. The summed E-state index contributed by atoms with van der Waals surface area (Å²) in [7, 11) is 2.86. The molecule has 0 aliphatic carbocycles. The molecule has 0 atom stereocenters. The maximum absolute atomic E-state index is 12.0.